The van der Waals surface area contributed by atoms with Gasteiger partial charge in [-0.05, 0) is 46.0 Å². The van der Waals surface area contributed by atoms with Gasteiger partial charge < -0.3 is 5.32 Å². The van der Waals surface area contributed by atoms with Crippen LogP contribution in [-0.2, 0) is 12.9 Å². The number of halogens is 2. The van der Waals surface area contributed by atoms with Crippen LogP contribution in [0, 0.1) is 0 Å². The fraction of sp³-hybridized carbons (Fsp3) is 1.00. The topological polar surface area (TPSA) is 12.0 Å². The van der Waals surface area contributed by atoms with E-state index in [0.717, 1.165) is 0 Å². The summed E-state index contributed by atoms with van der Waals surface area (Å²) in [5.41, 5.74) is 0. The van der Waals surface area contributed by atoms with Crippen LogP contribution in [0.5, 0.6) is 0 Å². The molecule has 0 amide bonds. The van der Waals surface area contributed by atoms with E-state index < -0.39 is 0 Å². The second-order valence-corrected chi connectivity index (χ2v) is 20.5. The summed E-state index contributed by atoms with van der Waals surface area (Å²) in [6.07, 6.45) is 2.68. The summed E-state index contributed by atoms with van der Waals surface area (Å²) in [7, 11) is 9.51. The Kier molecular flexibility index (Phi) is 14.6. The van der Waals surface area contributed by atoms with Gasteiger partial charge in [0.05, 0.1) is 0 Å². The molecule has 6 heteroatoms. The van der Waals surface area contributed by atoms with Crippen molar-refractivity contribution in [3.05, 3.63) is 0 Å². The Bertz CT molecular complexity index is 304. The van der Waals surface area contributed by atoms with Gasteiger partial charge in [0.15, 0.2) is 0 Å². The zero-order valence-electron chi connectivity index (χ0n) is 19.3. The monoisotopic (exact) mass is 490 g/mol. The molecule has 0 aliphatic rings. The number of hydrogen-bond donors (Lipinski definition) is 1. The summed E-state index contributed by atoms with van der Waals surface area (Å²) >= 11 is 0.382. The molecule has 0 aromatic rings. The van der Waals surface area contributed by atoms with Crippen LogP contribution in [0.2, 0.25) is 0 Å². The standard InChI is InChI=1S/C20H45NP2.2ClH.Co/c1-17(2,3)22(18(4,5)6)15-13-21-14-16-23(19(7,8)9)20(10,11)12;;;/h21H,13-16H2,1-12H3;2*1H;/q;;;+2/p-2. The van der Waals surface area contributed by atoms with Gasteiger partial charge in [-0.25, -0.2) is 0 Å². The van der Waals surface area contributed by atoms with Gasteiger partial charge >= 0.3 is 33.2 Å². The number of nitrogens with one attached hydrogen (secondary N) is 1. The van der Waals surface area contributed by atoms with Crippen molar-refractivity contribution >= 4 is 36.1 Å². The van der Waals surface area contributed by atoms with Crippen molar-refractivity contribution < 1.29 is 12.9 Å². The molecule has 0 unspecified atom stereocenters. The van der Waals surface area contributed by atoms with Crippen LogP contribution < -0.4 is 5.32 Å². The molecular formula is C20H45Cl2CoNP2. The van der Waals surface area contributed by atoms with Gasteiger partial charge in [-0.3, -0.25) is 0 Å². The molecule has 26 heavy (non-hydrogen) atoms. The molecule has 0 aliphatic carbocycles. The normalized spacial score (nSPS) is 14.0. The van der Waals surface area contributed by atoms with E-state index in [1.807, 2.05) is 0 Å². The van der Waals surface area contributed by atoms with Crippen LogP contribution >= 0.6 is 36.1 Å². The van der Waals surface area contributed by atoms with Gasteiger partial charge in [0, 0.05) is 0 Å². The van der Waals surface area contributed by atoms with Crippen LogP contribution in [0.25, 0.3) is 0 Å². The van der Waals surface area contributed by atoms with Gasteiger partial charge in [-0.15, -0.1) is 0 Å². The molecule has 0 rings (SSSR count). The quantitative estimate of drug-likeness (QED) is 0.292. The third-order valence-electron chi connectivity index (χ3n) is 4.26. The second-order valence-electron chi connectivity index (χ2n) is 10.8. The van der Waals surface area contributed by atoms with Crippen LogP contribution in [-0.4, -0.2) is 46.0 Å². The van der Waals surface area contributed by atoms with Gasteiger partial charge in [0.1, 0.15) is 0 Å². The molecule has 1 nitrogen and oxygen atoms in total. The molecule has 0 heterocycles. The molecular weight excluding hydrogens is 446 g/mol. The van der Waals surface area contributed by atoms with Gasteiger partial charge in [0.2, 0.25) is 0 Å². The fourth-order valence-electron chi connectivity index (χ4n) is 3.86. The number of hydrogen-bond acceptors (Lipinski definition) is 1. The van der Waals surface area contributed by atoms with E-state index in [4.69, 9.17) is 20.3 Å². The Morgan fingerprint density at radius 2 is 0.769 bits per heavy atom. The van der Waals surface area contributed by atoms with Crippen LogP contribution in [0.1, 0.15) is 83.1 Å². The van der Waals surface area contributed by atoms with Crippen LogP contribution in [0.3, 0.4) is 0 Å². The van der Waals surface area contributed by atoms with E-state index in [1.54, 1.807) is 0 Å². The zero-order chi connectivity index (χ0) is 21.4. The molecule has 0 saturated carbocycles. The Labute approximate surface area is 182 Å². The second kappa shape index (κ2) is 12.6. The summed E-state index contributed by atoms with van der Waals surface area (Å²) in [5, 5.41) is 5.54. The predicted molar refractivity (Wildman–Crippen MR) is 127 cm³/mol. The van der Waals surface area contributed by atoms with E-state index in [1.165, 1.54) is 25.4 Å². The minimum atomic E-state index is 0.0229. The Morgan fingerprint density at radius 1 is 0.577 bits per heavy atom. The third-order valence-corrected chi connectivity index (χ3v) is 12.1. The van der Waals surface area contributed by atoms with Crippen molar-refractivity contribution in [2.45, 2.75) is 104 Å². The molecule has 0 aromatic carbocycles. The number of rotatable bonds is 6. The molecule has 0 saturated heterocycles. The Hall–Kier alpha value is 1.91. The van der Waals surface area contributed by atoms with E-state index in [0.29, 0.717) is 33.5 Å². The van der Waals surface area contributed by atoms with Gasteiger partial charge in [0.25, 0.3) is 0 Å². The van der Waals surface area contributed by atoms with E-state index in [-0.39, 0.29) is 15.8 Å². The molecule has 0 radical (unpaired) electrons. The summed E-state index contributed by atoms with van der Waals surface area (Å²) in [5.74, 6) is 0. The molecule has 163 valence electrons. The molecule has 0 spiro atoms. The molecule has 0 aromatic heterocycles. The summed E-state index contributed by atoms with van der Waals surface area (Å²) in [4.78, 5) is 0. The molecule has 0 atom stereocenters. The van der Waals surface area contributed by atoms with Crippen LogP contribution in [0.4, 0.5) is 0 Å². The Morgan fingerprint density at radius 3 is 0.923 bits per heavy atom. The first-order chi connectivity index (χ1) is 11.4. The third kappa shape index (κ3) is 14.0. The fourth-order valence-corrected chi connectivity index (χ4v) is 11.3. The average molecular weight is 491 g/mol. The van der Waals surface area contributed by atoms with Gasteiger partial charge in [-0.1, -0.05) is 98.9 Å². The van der Waals surface area contributed by atoms with E-state index in [9.17, 15) is 0 Å². The predicted octanol–water partition coefficient (Wildman–Crippen LogP) is 8.11. The maximum absolute atomic E-state index is 4.73. The molecule has 0 fully saturated rings. The first-order valence-corrected chi connectivity index (χ1v) is 15.4. The summed E-state index contributed by atoms with van der Waals surface area (Å²) < 4.78 is 0. The van der Waals surface area contributed by atoms with Gasteiger partial charge in [-0.2, -0.15) is 0 Å². The van der Waals surface area contributed by atoms with Crippen molar-refractivity contribution in [3.8, 4) is 0 Å². The zero-order valence-corrected chi connectivity index (χ0v) is 23.7. The van der Waals surface area contributed by atoms with Crippen molar-refractivity contribution in [2.24, 2.45) is 0 Å². The maximum atomic E-state index is 4.73. The molecule has 0 aliphatic heterocycles. The van der Waals surface area contributed by atoms with E-state index >= 15 is 0 Å². The summed E-state index contributed by atoms with van der Waals surface area (Å²) in [6.45, 7) is 31.4. The summed E-state index contributed by atoms with van der Waals surface area (Å²) in [6, 6.07) is 0. The van der Waals surface area contributed by atoms with Crippen molar-refractivity contribution in [2.75, 3.05) is 25.4 Å². The SMILES string of the molecule is CC(C)(C)P(CCNCCP(C(C)(C)C)C(C)(C)C)C(C)(C)C.[Cl][Co][Cl]. The first-order valence-electron chi connectivity index (χ1n) is 9.49. The van der Waals surface area contributed by atoms with Crippen molar-refractivity contribution in [1.82, 2.24) is 5.32 Å². The van der Waals surface area contributed by atoms with Crippen molar-refractivity contribution in [1.29, 1.82) is 0 Å². The van der Waals surface area contributed by atoms with Crippen molar-refractivity contribution in [3.63, 3.8) is 0 Å². The van der Waals surface area contributed by atoms with E-state index in [2.05, 4.69) is 88.4 Å². The Balaban J connectivity index is 0. The van der Waals surface area contributed by atoms with Crippen LogP contribution in [0.15, 0.2) is 0 Å². The minimum absolute atomic E-state index is 0.0229. The average Bonchev–Trinajstić information content (AvgIpc) is 2.31. The molecule has 0 bridgehead atoms. The molecule has 1 N–H and O–H groups in total. The first kappa shape index (κ1) is 30.1.